The second-order valence-corrected chi connectivity index (χ2v) is 6.58. The van der Waals surface area contributed by atoms with Crippen LogP contribution in [0.2, 0.25) is 0 Å². The minimum Gasteiger partial charge on any atom is -0.398 e. The number of nitro groups is 1. The molecule has 0 saturated carbocycles. The van der Waals surface area contributed by atoms with Crippen LogP contribution in [0.25, 0.3) is 6.08 Å². The van der Waals surface area contributed by atoms with Gasteiger partial charge in [0, 0.05) is 23.9 Å². The van der Waals surface area contributed by atoms with Crippen molar-refractivity contribution in [1.82, 2.24) is 10.6 Å². The summed E-state index contributed by atoms with van der Waals surface area (Å²) in [6.45, 7) is 0.126. The normalized spacial score (nSPS) is 10.9. The Balaban J connectivity index is 1.90. The lowest BCUT2D eigenvalue weighted by Gasteiger charge is -2.12. The molecule has 3 rings (SSSR count). The first kappa shape index (κ1) is 21.3. The highest BCUT2D eigenvalue weighted by Crippen LogP contribution is 2.20. The SMILES string of the molecule is Nc1ccccc1CNC(=O)/C(=C/c1ccccc1[N+](=O)[O-])NC(=O)c1ccccc1. The number of anilines is 1. The van der Waals surface area contributed by atoms with Crippen molar-refractivity contribution in [2.24, 2.45) is 0 Å². The highest BCUT2D eigenvalue weighted by molar-refractivity contribution is 6.05. The zero-order valence-corrected chi connectivity index (χ0v) is 16.4. The maximum atomic E-state index is 12.9. The Morgan fingerprint density at radius 1 is 0.935 bits per heavy atom. The fourth-order valence-electron chi connectivity index (χ4n) is 2.84. The molecule has 0 aromatic heterocycles. The summed E-state index contributed by atoms with van der Waals surface area (Å²) in [5.74, 6) is -1.12. The van der Waals surface area contributed by atoms with E-state index in [-0.39, 0.29) is 23.5 Å². The quantitative estimate of drug-likeness (QED) is 0.236. The van der Waals surface area contributed by atoms with Gasteiger partial charge in [0.15, 0.2) is 0 Å². The molecular weight excluding hydrogens is 396 g/mol. The fraction of sp³-hybridized carbons (Fsp3) is 0.0435. The number of para-hydroxylation sites is 2. The number of nitrogens with one attached hydrogen (secondary N) is 2. The number of hydrogen-bond donors (Lipinski definition) is 3. The molecular formula is C23H20N4O4. The molecule has 0 atom stereocenters. The standard InChI is InChI=1S/C23H20N4O4/c24-19-12-6-4-11-18(19)15-25-23(29)20(26-22(28)16-8-2-1-3-9-16)14-17-10-5-7-13-21(17)27(30)31/h1-14H,15,24H2,(H,25,29)(H,26,28)/b20-14-. The molecule has 0 saturated heterocycles. The molecule has 0 heterocycles. The van der Waals surface area contributed by atoms with Crippen molar-refractivity contribution in [2.45, 2.75) is 6.54 Å². The van der Waals surface area contributed by atoms with Crippen molar-refractivity contribution >= 4 is 29.3 Å². The Bertz CT molecular complexity index is 1140. The number of nitrogen functional groups attached to an aromatic ring is 1. The van der Waals surface area contributed by atoms with Crippen molar-refractivity contribution in [3.8, 4) is 0 Å². The van der Waals surface area contributed by atoms with Crippen molar-refractivity contribution in [3.05, 3.63) is 111 Å². The van der Waals surface area contributed by atoms with Crippen LogP contribution >= 0.6 is 0 Å². The van der Waals surface area contributed by atoms with Gasteiger partial charge in [-0.1, -0.05) is 48.5 Å². The number of benzene rings is 3. The van der Waals surface area contributed by atoms with Gasteiger partial charge in [-0.05, 0) is 35.9 Å². The van der Waals surface area contributed by atoms with Gasteiger partial charge < -0.3 is 16.4 Å². The van der Waals surface area contributed by atoms with E-state index in [1.54, 1.807) is 60.7 Å². The van der Waals surface area contributed by atoms with E-state index in [2.05, 4.69) is 10.6 Å². The molecule has 8 nitrogen and oxygen atoms in total. The van der Waals surface area contributed by atoms with Crippen LogP contribution in [-0.4, -0.2) is 16.7 Å². The minimum atomic E-state index is -0.606. The third kappa shape index (κ3) is 5.54. The number of carbonyl (C=O) groups excluding carboxylic acids is 2. The van der Waals surface area contributed by atoms with Crippen LogP contribution in [0.5, 0.6) is 0 Å². The average Bonchev–Trinajstić information content (AvgIpc) is 2.78. The third-order valence-electron chi connectivity index (χ3n) is 4.46. The second kappa shape index (κ2) is 9.84. The largest absolute Gasteiger partial charge is 0.398 e. The summed E-state index contributed by atoms with van der Waals surface area (Å²) >= 11 is 0. The number of nitro benzene ring substituents is 1. The van der Waals surface area contributed by atoms with Crippen molar-refractivity contribution in [1.29, 1.82) is 0 Å². The zero-order valence-electron chi connectivity index (χ0n) is 16.4. The first-order valence-corrected chi connectivity index (χ1v) is 9.39. The van der Waals surface area contributed by atoms with Crippen LogP contribution in [0.15, 0.2) is 84.6 Å². The van der Waals surface area contributed by atoms with E-state index in [4.69, 9.17) is 5.73 Å². The lowest BCUT2D eigenvalue weighted by Crippen LogP contribution is -2.34. The summed E-state index contributed by atoms with van der Waals surface area (Å²) in [5.41, 5.74) is 7.34. The predicted octanol–water partition coefficient (Wildman–Crippen LogP) is 3.26. The molecule has 0 bridgehead atoms. The lowest BCUT2D eigenvalue weighted by atomic mass is 10.1. The summed E-state index contributed by atoms with van der Waals surface area (Å²) in [7, 11) is 0. The number of nitrogens with zero attached hydrogens (tertiary/aromatic N) is 1. The Morgan fingerprint density at radius 2 is 1.58 bits per heavy atom. The maximum Gasteiger partial charge on any atom is 0.276 e. The van der Waals surface area contributed by atoms with E-state index in [1.165, 1.54) is 24.3 Å². The van der Waals surface area contributed by atoms with Crippen LogP contribution in [0.4, 0.5) is 11.4 Å². The number of nitrogens with two attached hydrogens (primary N) is 1. The summed E-state index contributed by atoms with van der Waals surface area (Å²) < 4.78 is 0. The molecule has 2 amide bonds. The topological polar surface area (TPSA) is 127 Å². The molecule has 156 valence electrons. The Kier molecular flexibility index (Phi) is 6.74. The highest BCUT2D eigenvalue weighted by Gasteiger charge is 2.18. The van der Waals surface area contributed by atoms with Crippen molar-refractivity contribution in [3.63, 3.8) is 0 Å². The number of rotatable bonds is 7. The number of carbonyl (C=O) groups is 2. The minimum absolute atomic E-state index is 0.126. The molecule has 0 spiro atoms. The van der Waals surface area contributed by atoms with E-state index in [9.17, 15) is 19.7 Å². The van der Waals surface area contributed by atoms with Crippen LogP contribution in [0.1, 0.15) is 21.5 Å². The van der Waals surface area contributed by atoms with Crippen molar-refractivity contribution < 1.29 is 14.5 Å². The molecule has 8 heteroatoms. The molecule has 0 aliphatic carbocycles. The van der Waals surface area contributed by atoms with E-state index in [1.807, 2.05) is 0 Å². The first-order chi connectivity index (χ1) is 15.0. The zero-order chi connectivity index (χ0) is 22.2. The first-order valence-electron chi connectivity index (χ1n) is 9.39. The monoisotopic (exact) mass is 416 g/mol. The van der Waals surface area contributed by atoms with Gasteiger partial charge in [-0.15, -0.1) is 0 Å². The summed E-state index contributed by atoms with van der Waals surface area (Å²) in [5, 5.41) is 16.6. The molecule has 31 heavy (non-hydrogen) atoms. The van der Waals surface area contributed by atoms with Gasteiger partial charge in [0.1, 0.15) is 5.70 Å². The molecule has 0 radical (unpaired) electrons. The molecule has 3 aromatic rings. The van der Waals surface area contributed by atoms with Gasteiger partial charge in [-0.25, -0.2) is 0 Å². The Morgan fingerprint density at radius 3 is 2.29 bits per heavy atom. The summed E-state index contributed by atoms with van der Waals surface area (Å²) in [4.78, 5) is 36.3. The smallest absolute Gasteiger partial charge is 0.276 e. The van der Waals surface area contributed by atoms with Gasteiger partial charge in [0.2, 0.25) is 0 Å². The average molecular weight is 416 g/mol. The van der Waals surface area contributed by atoms with E-state index < -0.39 is 16.7 Å². The Labute approximate surface area is 178 Å². The van der Waals surface area contributed by atoms with Gasteiger partial charge >= 0.3 is 0 Å². The van der Waals surface area contributed by atoms with Gasteiger partial charge in [0.05, 0.1) is 10.5 Å². The molecule has 0 fully saturated rings. The molecule has 0 unspecified atom stereocenters. The van der Waals surface area contributed by atoms with E-state index in [0.717, 1.165) is 0 Å². The molecule has 0 aliphatic heterocycles. The van der Waals surface area contributed by atoms with Crippen LogP contribution in [0.3, 0.4) is 0 Å². The van der Waals surface area contributed by atoms with Gasteiger partial charge in [0.25, 0.3) is 17.5 Å². The third-order valence-corrected chi connectivity index (χ3v) is 4.46. The molecule has 3 aromatic carbocycles. The number of amides is 2. The number of hydrogen-bond acceptors (Lipinski definition) is 5. The van der Waals surface area contributed by atoms with Crippen LogP contribution < -0.4 is 16.4 Å². The van der Waals surface area contributed by atoms with Gasteiger partial charge in [-0.2, -0.15) is 0 Å². The second-order valence-electron chi connectivity index (χ2n) is 6.58. The van der Waals surface area contributed by atoms with Gasteiger partial charge in [-0.3, -0.25) is 19.7 Å². The van der Waals surface area contributed by atoms with E-state index >= 15 is 0 Å². The molecule has 4 N–H and O–H groups in total. The highest BCUT2D eigenvalue weighted by atomic mass is 16.6. The van der Waals surface area contributed by atoms with Crippen LogP contribution in [0, 0.1) is 10.1 Å². The fourth-order valence-corrected chi connectivity index (χ4v) is 2.84. The summed E-state index contributed by atoms with van der Waals surface area (Å²) in [6, 6.07) is 21.3. The summed E-state index contributed by atoms with van der Waals surface area (Å²) in [6.07, 6.45) is 1.28. The van der Waals surface area contributed by atoms with Crippen molar-refractivity contribution in [2.75, 3.05) is 5.73 Å². The van der Waals surface area contributed by atoms with Crippen LogP contribution in [-0.2, 0) is 11.3 Å². The Hall–Kier alpha value is -4.46. The molecule has 0 aliphatic rings. The maximum absolute atomic E-state index is 12.9. The van der Waals surface area contributed by atoms with E-state index in [0.29, 0.717) is 16.8 Å². The lowest BCUT2D eigenvalue weighted by molar-refractivity contribution is -0.385. The predicted molar refractivity (Wildman–Crippen MR) is 118 cm³/mol.